The van der Waals surface area contributed by atoms with Gasteiger partial charge in [0.15, 0.2) is 0 Å². The zero-order valence-electron chi connectivity index (χ0n) is 11.7. The second kappa shape index (κ2) is 7.26. The van der Waals surface area contributed by atoms with Gasteiger partial charge in [0.05, 0.1) is 25.7 Å². The molecule has 0 radical (unpaired) electrons. The maximum absolute atomic E-state index is 11.3. The second-order valence-electron chi connectivity index (χ2n) is 4.80. The smallest absolute Gasteiger partial charge is 0.308 e. The summed E-state index contributed by atoms with van der Waals surface area (Å²) in [7, 11) is 0. The van der Waals surface area contributed by atoms with E-state index in [2.05, 4.69) is 5.32 Å². The number of aliphatic hydroxyl groups excluding tert-OH is 1. The van der Waals surface area contributed by atoms with Gasteiger partial charge in [-0.1, -0.05) is 18.2 Å². The van der Waals surface area contributed by atoms with E-state index in [1.165, 1.54) is 0 Å². The normalized spacial score (nSPS) is 18.8. The Morgan fingerprint density at radius 2 is 2.35 bits per heavy atom. The zero-order chi connectivity index (χ0) is 14.4. The number of benzene rings is 1. The monoisotopic (exact) mass is 279 g/mol. The first-order valence-corrected chi connectivity index (χ1v) is 6.99. The Morgan fingerprint density at radius 3 is 3.15 bits per heavy atom. The molecule has 2 unspecified atom stereocenters. The number of ether oxygens (including phenoxy) is 2. The molecule has 0 amide bonds. The van der Waals surface area contributed by atoms with Gasteiger partial charge in [0.2, 0.25) is 0 Å². The molecular formula is C15H21NO4. The van der Waals surface area contributed by atoms with Crippen molar-refractivity contribution in [2.45, 2.75) is 31.9 Å². The minimum absolute atomic E-state index is 0.0196. The highest BCUT2D eigenvalue weighted by atomic mass is 16.5. The van der Waals surface area contributed by atoms with Gasteiger partial charge >= 0.3 is 5.97 Å². The standard InChI is InChI=1S/C15H21NO4/c1-2-19-15(18)9-11(17)10-16-13-7-8-20-14-6-4-3-5-12(13)14/h3-6,11,13,16-17H,2,7-10H2,1H3. The lowest BCUT2D eigenvalue weighted by Crippen LogP contribution is -2.34. The van der Waals surface area contributed by atoms with Crippen molar-refractivity contribution in [1.29, 1.82) is 0 Å². The molecule has 2 atom stereocenters. The molecule has 1 aliphatic heterocycles. The number of esters is 1. The Morgan fingerprint density at radius 1 is 1.55 bits per heavy atom. The van der Waals surface area contributed by atoms with E-state index in [0.29, 0.717) is 19.8 Å². The molecule has 5 heteroatoms. The molecule has 0 saturated carbocycles. The van der Waals surface area contributed by atoms with Crippen molar-refractivity contribution < 1.29 is 19.4 Å². The van der Waals surface area contributed by atoms with Gasteiger partial charge in [0.1, 0.15) is 5.75 Å². The molecule has 20 heavy (non-hydrogen) atoms. The number of fused-ring (bicyclic) bond motifs is 1. The predicted molar refractivity (Wildman–Crippen MR) is 74.6 cm³/mol. The molecular weight excluding hydrogens is 258 g/mol. The Kier molecular flexibility index (Phi) is 5.38. The quantitative estimate of drug-likeness (QED) is 0.771. The van der Waals surface area contributed by atoms with Crippen molar-refractivity contribution in [3.05, 3.63) is 29.8 Å². The van der Waals surface area contributed by atoms with Gasteiger partial charge in [0.25, 0.3) is 0 Å². The first-order chi connectivity index (χ1) is 9.70. The first-order valence-electron chi connectivity index (χ1n) is 6.99. The summed E-state index contributed by atoms with van der Waals surface area (Å²) in [5.41, 5.74) is 1.10. The van der Waals surface area contributed by atoms with Gasteiger partial charge in [-0.05, 0) is 13.0 Å². The summed E-state index contributed by atoms with van der Waals surface area (Å²) in [5.74, 6) is 0.519. The van der Waals surface area contributed by atoms with E-state index in [1.54, 1.807) is 6.92 Å². The molecule has 0 spiro atoms. The van der Waals surface area contributed by atoms with Crippen molar-refractivity contribution >= 4 is 5.97 Å². The van der Waals surface area contributed by atoms with Crippen LogP contribution in [0.3, 0.4) is 0 Å². The highest BCUT2D eigenvalue weighted by Crippen LogP contribution is 2.31. The Labute approximate surface area is 118 Å². The van der Waals surface area contributed by atoms with E-state index in [0.717, 1.165) is 17.7 Å². The topological polar surface area (TPSA) is 67.8 Å². The summed E-state index contributed by atoms with van der Waals surface area (Å²) >= 11 is 0. The van der Waals surface area contributed by atoms with Crippen LogP contribution < -0.4 is 10.1 Å². The number of carbonyl (C=O) groups is 1. The number of hydrogen-bond donors (Lipinski definition) is 2. The van der Waals surface area contributed by atoms with E-state index in [9.17, 15) is 9.90 Å². The van der Waals surface area contributed by atoms with Gasteiger partial charge < -0.3 is 19.9 Å². The lowest BCUT2D eigenvalue weighted by Gasteiger charge is -2.27. The molecule has 110 valence electrons. The summed E-state index contributed by atoms with van der Waals surface area (Å²) in [6, 6.07) is 8.02. The van der Waals surface area contributed by atoms with Gasteiger partial charge in [-0.2, -0.15) is 0 Å². The first kappa shape index (κ1) is 14.8. The van der Waals surface area contributed by atoms with Crippen LogP contribution in [0.1, 0.15) is 31.4 Å². The third-order valence-electron chi connectivity index (χ3n) is 3.27. The fourth-order valence-corrected chi connectivity index (χ4v) is 2.32. The summed E-state index contributed by atoms with van der Waals surface area (Å²) in [6.45, 7) is 3.11. The summed E-state index contributed by atoms with van der Waals surface area (Å²) < 4.78 is 10.4. The zero-order valence-corrected chi connectivity index (χ0v) is 11.7. The number of rotatable bonds is 6. The van der Waals surface area contributed by atoms with E-state index in [-0.39, 0.29) is 18.4 Å². The fourth-order valence-electron chi connectivity index (χ4n) is 2.32. The lowest BCUT2D eigenvalue weighted by molar-refractivity contribution is -0.145. The van der Waals surface area contributed by atoms with E-state index in [4.69, 9.17) is 9.47 Å². The number of para-hydroxylation sites is 1. The number of aliphatic hydroxyl groups is 1. The largest absolute Gasteiger partial charge is 0.493 e. The van der Waals surface area contributed by atoms with Crippen LogP contribution >= 0.6 is 0 Å². The molecule has 1 aromatic carbocycles. The van der Waals surface area contributed by atoms with Crippen molar-refractivity contribution in [3.8, 4) is 5.75 Å². The third-order valence-corrected chi connectivity index (χ3v) is 3.27. The number of carbonyl (C=O) groups excluding carboxylic acids is 1. The summed E-state index contributed by atoms with van der Waals surface area (Å²) in [4.78, 5) is 11.3. The molecule has 1 aliphatic rings. The van der Waals surface area contributed by atoms with Crippen molar-refractivity contribution in [2.24, 2.45) is 0 Å². The van der Waals surface area contributed by atoms with Crippen LogP contribution in [0.2, 0.25) is 0 Å². The Hall–Kier alpha value is -1.59. The SMILES string of the molecule is CCOC(=O)CC(O)CNC1CCOc2ccccc21. The second-order valence-corrected chi connectivity index (χ2v) is 4.80. The van der Waals surface area contributed by atoms with Crippen LogP contribution in [-0.2, 0) is 9.53 Å². The summed E-state index contributed by atoms with van der Waals surface area (Å²) in [5, 5.41) is 13.1. The van der Waals surface area contributed by atoms with Crippen LogP contribution in [-0.4, -0.2) is 36.9 Å². The average molecular weight is 279 g/mol. The average Bonchev–Trinajstić information content (AvgIpc) is 2.45. The highest BCUT2D eigenvalue weighted by molar-refractivity contribution is 5.69. The van der Waals surface area contributed by atoms with Crippen LogP contribution in [0.5, 0.6) is 5.75 Å². The van der Waals surface area contributed by atoms with Gasteiger partial charge in [-0.3, -0.25) is 4.79 Å². The molecule has 0 fully saturated rings. The molecule has 1 heterocycles. The van der Waals surface area contributed by atoms with E-state index in [1.807, 2.05) is 24.3 Å². The molecule has 0 aliphatic carbocycles. The maximum Gasteiger partial charge on any atom is 0.308 e. The minimum Gasteiger partial charge on any atom is -0.493 e. The predicted octanol–water partition coefficient (Wildman–Crippen LogP) is 1.41. The molecule has 0 aromatic heterocycles. The Bertz CT molecular complexity index is 449. The van der Waals surface area contributed by atoms with Crippen molar-refractivity contribution in [1.82, 2.24) is 5.32 Å². The van der Waals surface area contributed by atoms with Crippen LogP contribution in [0.25, 0.3) is 0 Å². The van der Waals surface area contributed by atoms with Gasteiger partial charge in [0, 0.05) is 24.6 Å². The fraction of sp³-hybridized carbons (Fsp3) is 0.533. The molecule has 0 bridgehead atoms. The van der Waals surface area contributed by atoms with Gasteiger partial charge in [-0.15, -0.1) is 0 Å². The van der Waals surface area contributed by atoms with E-state index < -0.39 is 6.10 Å². The molecule has 2 N–H and O–H groups in total. The third kappa shape index (κ3) is 3.95. The molecule has 1 aromatic rings. The maximum atomic E-state index is 11.3. The van der Waals surface area contributed by atoms with Crippen molar-refractivity contribution in [2.75, 3.05) is 19.8 Å². The highest BCUT2D eigenvalue weighted by Gasteiger charge is 2.21. The number of hydrogen-bond acceptors (Lipinski definition) is 5. The number of nitrogens with one attached hydrogen (secondary N) is 1. The lowest BCUT2D eigenvalue weighted by atomic mass is 10.0. The van der Waals surface area contributed by atoms with Crippen LogP contribution in [0.15, 0.2) is 24.3 Å². The molecule has 5 nitrogen and oxygen atoms in total. The summed E-state index contributed by atoms with van der Waals surface area (Å²) in [6.07, 6.45) is 0.138. The van der Waals surface area contributed by atoms with E-state index >= 15 is 0 Å². The van der Waals surface area contributed by atoms with Crippen LogP contribution in [0, 0.1) is 0 Å². The Balaban J connectivity index is 1.84. The van der Waals surface area contributed by atoms with Crippen molar-refractivity contribution in [3.63, 3.8) is 0 Å². The molecule has 0 saturated heterocycles. The van der Waals surface area contributed by atoms with Gasteiger partial charge in [-0.25, -0.2) is 0 Å². The molecule has 2 rings (SSSR count). The van der Waals surface area contributed by atoms with Crippen LogP contribution in [0.4, 0.5) is 0 Å². The minimum atomic E-state index is -0.732.